The first-order chi connectivity index (χ1) is 16.7. The first-order valence-corrected chi connectivity index (χ1v) is 13.2. The number of benzene rings is 2. The van der Waals surface area contributed by atoms with Crippen LogP contribution in [0.5, 0.6) is 0 Å². The second kappa shape index (κ2) is 10.2. The highest BCUT2D eigenvalue weighted by molar-refractivity contribution is 7.90. The van der Waals surface area contributed by atoms with E-state index in [4.69, 9.17) is 5.73 Å². The molecule has 0 fully saturated rings. The monoisotopic (exact) mass is 521 g/mol. The number of hydrogen-bond acceptors (Lipinski definition) is 6. The van der Waals surface area contributed by atoms with Crippen LogP contribution in [0.3, 0.4) is 0 Å². The minimum Gasteiger partial charge on any atom is -0.399 e. The van der Waals surface area contributed by atoms with Crippen molar-refractivity contribution in [2.24, 2.45) is 5.41 Å². The Morgan fingerprint density at radius 1 is 1.14 bits per heavy atom. The minimum atomic E-state index is -3.29. The van der Waals surface area contributed by atoms with Crippen LogP contribution in [0.15, 0.2) is 36.4 Å². The summed E-state index contributed by atoms with van der Waals surface area (Å²) in [6.07, 6.45) is 1.05. The average Bonchev–Trinajstić information content (AvgIpc) is 3.12. The molecule has 0 saturated heterocycles. The van der Waals surface area contributed by atoms with Gasteiger partial charge in [-0.05, 0) is 23.6 Å². The summed E-state index contributed by atoms with van der Waals surface area (Å²) in [5.74, 6) is -2.81. The lowest BCUT2D eigenvalue weighted by Gasteiger charge is -2.30. The Balaban J connectivity index is 1.93. The van der Waals surface area contributed by atoms with E-state index in [1.807, 2.05) is 0 Å². The van der Waals surface area contributed by atoms with Crippen molar-refractivity contribution >= 4 is 38.2 Å². The number of nitrogens with two attached hydrogens (primary N) is 1. The number of hydrogen-bond donors (Lipinski definition) is 3. The Morgan fingerprint density at radius 2 is 1.83 bits per heavy atom. The van der Waals surface area contributed by atoms with Crippen LogP contribution in [-0.2, 0) is 21.2 Å². The topological polar surface area (TPSA) is 136 Å². The summed E-state index contributed by atoms with van der Waals surface area (Å²) in [5.41, 5.74) is 5.14. The van der Waals surface area contributed by atoms with Gasteiger partial charge in [0.05, 0.1) is 12.3 Å². The predicted molar refractivity (Wildman–Crippen MR) is 133 cm³/mol. The van der Waals surface area contributed by atoms with Crippen LogP contribution in [0.4, 0.5) is 14.5 Å². The number of nitrogen functional groups attached to an aromatic ring is 1. The quantitative estimate of drug-likeness (QED) is 0.389. The lowest BCUT2D eigenvalue weighted by molar-refractivity contribution is -0.125. The highest BCUT2D eigenvalue weighted by atomic mass is 32.2. The van der Waals surface area contributed by atoms with Crippen LogP contribution in [0.25, 0.3) is 10.9 Å². The number of nitrogens with one attached hydrogen (secondary N) is 2. The van der Waals surface area contributed by atoms with E-state index < -0.39 is 44.7 Å². The fourth-order valence-electron chi connectivity index (χ4n) is 3.67. The molecule has 0 aliphatic rings. The number of anilines is 1. The molecule has 3 aromatic rings. The van der Waals surface area contributed by atoms with Gasteiger partial charge in [-0.1, -0.05) is 39.0 Å². The number of nitrogens with zero attached hydrogens (tertiary/aromatic N) is 2. The van der Waals surface area contributed by atoms with Gasteiger partial charge in [-0.3, -0.25) is 14.3 Å². The molecule has 0 radical (unpaired) electrons. The molecule has 4 N–H and O–H groups in total. The number of fused-ring (bicyclic) bond motifs is 1. The van der Waals surface area contributed by atoms with Gasteiger partial charge >= 0.3 is 0 Å². The van der Waals surface area contributed by atoms with E-state index in [1.165, 1.54) is 35.0 Å². The smallest absolute Gasteiger partial charge is 0.273 e. The number of rotatable bonds is 8. The minimum absolute atomic E-state index is 0.00351. The van der Waals surface area contributed by atoms with Crippen LogP contribution in [0.2, 0.25) is 0 Å². The molecule has 1 heterocycles. The fraction of sp³-hybridized carbons (Fsp3) is 0.375. The number of amides is 2. The number of carbonyl (C=O) groups is 2. The number of para-hydroxylation sites is 1. The summed E-state index contributed by atoms with van der Waals surface area (Å²) in [6.45, 7) is 4.92. The van der Waals surface area contributed by atoms with Gasteiger partial charge in [0.25, 0.3) is 5.91 Å². The molecule has 0 aliphatic carbocycles. The van der Waals surface area contributed by atoms with Gasteiger partial charge in [-0.2, -0.15) is 5.10 Å². The van der Waals surface area contributed by atoms with Gasteiger partial charge < -0.3 is 16.4 Å². The van der Waals surface area contributed by atoms with Crippen molar-refractivity contribution in [3.8, 4) is 0 Å². The molecule has 36 heavy (non-hydrogen) atoms. The van der Waals surface area contributed by atoms with Crippen LogP contribution >= 0.6 is 0 Å². The lowest BCUT2D eigenvalue weighted by Crippen LogP contribution is -2.54. The van der Waals surface area contributed by atoms with Gasteiger partial charge in [0, 0.05) is 29.4 Å². The van der Waals surface area contributed by atoms with Crippen LogP contribution < -0.4 is 16.4 Å². The molecule has 0 saturated carbocycles. The summed E-state index contributed by atoms with van der Waals surface area (Å²) in [7, 11) is -3.29. The Labute approximate surface area is 208 Å². The van der Waals surface area contributed by atoms with E-state index in [-0.39, 0.29) is 46.7 Å². The second-order valence-corrected chi connectivity index (χ2v) is 11.9. The summed E-state index contributed by atoms with van der Waals surface area (Å²) < 4.78 is 53.1. The second-order valence-electron chi connectivity index (χ2n) is 9.69. The van der Waals surface area contributed by atoms with E-state index in [1.54, 1.807) is 20.8 Å². The maximum absolute atomic E-state index is 14.8. The average molecular weight is 522 g/mol. The Hall–Kier alpha value is -3.54. The van der Waals surface area contributed by atoms with Gasteiger partial charge in [0.1, 0.15) is 33.0 Å². The van der Waals surface area contributed by atoms with Crippen molar-refractivity contribution in [3.05, 3.63) is 59.3 Å². The van der Waals surface area contributed by atoms with Crippen LogP contribution in [0, 0.1) is 17.0 Å². The standard InChI is InChI=1S/C24H29F2N5O4S/c1-24(2,3)21(23(33)28-10-11-36(4,34)35)29-22(32)19-16-6-5-7-17(25)20(16)31(30-19)13-14-8-9-15(27)12-18(14)26/h5-9,12,21H,10-11,13,27H2,1-4H3,(H,28,33)(H,29,32)/t21-/m1/s1. The molecule has 2 aromatic carbocycles. The van der Waals surface area contributed by atoms with Gasteiger partial charge in [0.15, 0.2) is 5.69 Å². The van der Waals surface area contributed by atoms with Crippen molar-refractivity contribution in [2.75, 3.05) is 24.3 Å². The molecule has 9 nitrogen and oxygen atoms in total. The molecule has 1 aromatic heterocycles. The molecule has 0 unspecified atom stereocenters. The number of halogens is 2. The summed E-state index contributed by atoms with van der Waals surface area (Å²) in [6, 6.07) is 7.18. The number of sulfone groups is 1. The molecule has 12 heteroatoms. The highest BCUT2D eigenvalue weighted by Crippen LogP contribution is 2.25. The van der Waals surface area contributed by atoms with E-state index in [0.717, 1.165) is 12.3 Å². The fourth-order valence-corrected chi connectivity index (χ4v) is 4.14. The molecule has 3 rings (SSSR count). The Kier molecular flexibility index (Phi) is 7.68. The first kappa shape index (κ1) is 27.1. The van der Waals surface area contributed by atoms with Crippen molar-refractivity contribution in [1.82, 2.24) is 20.4 Å². The molecule has 0 aliphatic heterocycles. The first-order valence-electron chi connectivity index (χ1n) is 11.1. The van der Waals surface area contributed by atoms with Crippen molar-refractivity contribution in [1.29, 1.82) is 0 Å². The van der Waals surface area contributed by atoms with Crippen molar-refractivity contribution in [2.45, 2.75) is 33.4 Å². The summed E-state index contributed by atoms with van der Waals surface area (Å²) >= 11 is 0. The molecule has 194 valence electrons. The summed E-state index contributed by atoms with van der Waals surface area (Å²) in [4.78, 5) is 26.1. The van der Waals surface area contributed by atoms with Gasteiger partial charge in [-0.15, -0.1) is 0 Å². The van der Waals surface area contributed by atoms with Crippen LogP contribution in [-0.4, -0.2) is 54.6 Å². The maximum atomic E-state index is 14.8. The van der Waals surface area contributed by atoms with Crippen molar-refractivity contribution in [3.63, 3.8) is 0 Å². The SMILES string of the molecule is CC(C)(C)[C@H](NC(=O)c1nn(Cc2ccc(N)cc2F)c2c(F)cccc12)C(=O)NCCS(C)(=O)=O. The Morgan fingerprint density at radius 3 is 2.44 bits per heavy atom. The van der Waals surface area contributed by atoms with E-state index >= 15 is 0 Å². The molecule has 0 bridgehead atoms. The summed E-state index contributed by atoms with van der Waals surface area (Å²) in [5, 5.41) is 9.61. The third-order valence-corrected chi connectivity index (χ3v) is 6.45. The van der Waals surface area contributed by atoms with E-state index in [9.17, 15) is 26.8 Å². The third kappa shape index (κ3) is 6.36. The highest BCUT2D eigenvalue weighted by Gasteiger charge is 2.34. The van der Waals surface area contributed by atoms with Gasteiger partial charge in [-0.25, -0.2) is 17.2 Å². The third-order valence-electron chi connectivity index (χ3n) is 5.51. The van der Waals surface area contributed by atoms with Crippen LogP contribution in [0.1, 0.15) is 36.8 Å². The number of aromatic nitrogens is 2. The molecular formula is C24H29F2N5O4S. The van der Waals surface area contributed by atoms with E-state index in [0.29, 0.717) is 0 Å². The molecule has 2 amide bonds. The van der Waals surface area contributed by atoms with Gasteiger partial charge in [0.2, 0.25) is 5.91 Å². The van der Waals surface area contributed by atoms with E-state index in [2.05, 4.69) is 15.7 Å². The zero-order valence-corrected chi connectivity index (χ0v) is 21.2. The maximum Gasteiger partial charge on any atom is 0.273 e. The lowest BCUT2D eigenvalue weighted by atomic mass is 9.86. The Bertz CT molecular complexity index is 1410. The molecule has 1 atom stereocenters. The van der Waals surface area contributed by atoms with Crippen molar-refractivity contribution < 1.29 is 26.8 Å². The molecule has 0 spiro atoms. The predicted octanol–water partition coefficient (Wildman–Crippen LogP) is 2.25. The zero-order valence-electron chi connectivity index (χ0n) is 20.4. The normalized spacial score (nSPS) is 12.9. The number of carbonyl (C=O) groups excluding carboxylic acids is 2. The molecular weight excluding hydrogens is 492 g/mol. The largest absolute Gasteiger partial charge is 0.399 e. The zero-order chi connectivity index (χ0) is 26.8.